The van der Waals surface area contributed by atoms with Crippen LogP contribution < -0.4 is 10.6 Å². The Hall–Kier alpha value is -2.73. The molecule has 1 unspecified atom stereocenters. The maximum absolute atomic E-state index is 12.4. The third-order valence-corrected chi connectivity index (χ3v) is 5.61. The first-order valence-electron chi connectivity index (χ1n) is 9.19. The number of rotatable bonds is 7. The summed E-state index contributed by atoms with van der Waals surface area (Å²) in [6.45, 7) is 2.57. The number of hydrogen-bond acceptors (Lipinski definition) is 5. The van der Waals surface area contributed by atoms with E-state index in [1.165, 1.54) is 17.8 Å². The molecule has 2 N–H and O–H groups in total. The fourth-order valence-electron chi connectivity index (χ4n) is 2.85. The quantitative estimate of drug-likeness (QED) is 0.634. The van der Waals surface area contributed by atoms with E-state index in [2.05, 4.69) is 27.9 Å². The number of hydrogen-bond donors (Lipinski definition) is 2. The lowest BCUT2D eigenvalue weighted by Gasteiger charge is -2.14. The van der Waals surface area contributed by atoms with Gasteiger partial charge in [-0.1, -0.05) is 30.3 Å². The number of anilines is 1. The monoisotopic (exact) mass is 378 g/mol. The number of nitrogens with zero attached hydrogens (tertiary/aromatic N) is 2. The van der Waals surface area contributed by atoms with Gasteiger partial charge < -0.3 is 10.6 Å². The van der Waals surface area contributed by atoms with Gasteiger partial charge >= 0.3 is 0 Å². The second-order valence-electron chi connectivity index (χ2n) is 6.85. The fourth-order valence-corrected chi connectivity index (χ4v) is 3.94. The largest absolute Gasteiger partial charge is 0.377 e. The van der Waals surface area contributed by atoms with Crippen molar-refractivity contribution in [2.45, 2.75) is 38.3 Å². The summed E-state index contributed by atoms with van der Waals surface area (Å²) in [5.74, 6) is 0.497. The minimum atomic E-state index is -0.181. The summed E-state index contributed by atoms with van der Waals surface area (Å²) in [5.41, 5.74) is 3.38. The summed E-state index contributed by atoms with van der Waals surface area (Å²) in [7, 11) is 0. The first-order chi connectivity index (χ1) is 13.2. The number of amides is 1. The lowest BCUT2D eigenvalue weighted by molar-refractivity contribution is 0.0946. The summed E-state index contributed by atoms with van der Waals surface area (Å²) < 4.78 is 0. The highest BCUT2D eigenvalue weighted by atomic mass is 32.1. The van der Waals surface area contributed by atoms with E-state index >= 15 is 0 Å². The minimum absolute atomic E-state index is 0.0800. The van der Waals surface area contributed by atoms with E-state index in [0.29, 0.717) is 18.2 Å². The van der Waals surface area contributed by atoms with E-state index in [1.807, 2.05) is 36.4 Å². The third-order valence-electron chi connectivity index (χ3n) is 4.58. The molecule has 0 saturated heterocycles. The van der Waals surface area contributed by atoms with E-state index in [9.17, 15) is 4.79 Å². The third kappa shape index (κ3) is 4.52. The molecular formula is C21H22N4OS. The average Bonchev–Trinajstić information content (AvgIpc) is 3.43. The Kier molecular flexibility index (Phi) is 5.16. The van der Waals surface area contributed by atoms with Crippen LogP contribution in [0, 0.1) is 0 Å². The lowest BCUT2D eigenvalue weighted by atomic mass is 10.2. The van der Waals surface area contributed by atoms with Gasteiger partial charge in [0.2, 0.25) is 0 Å². The zero-order valence-electron chi connectivity index (χ0n) is 15.2. The summed E-state index contributed by atoms with van der Waals surface area (Å²) >= 11 is 1.74. The molecule has 138 valence electrons. The number of carbonyl (C=O) groups is 1. The minimum Gasteiger partial charge on any atom is -0.377 e. The van der Waals surface area contributed by atoms with Gasteiger partial charge in [0.05, 0.1) is 16.7 Å². The van der Waals surface area contributed by atoms with Crippen LogP contribution in [-0.4, -0.2) is 15.9 Å². The SMILES string of the molecule is CC(Nc1ccnc(C(=O)NCc2ccccc2)c1)c1csc(C2CC2)n1. The van der Waals surface area contributed by atoms with Crippen molar-refractivity contribution >= 4 is 22.9 Å². The van der Waals surface area contributed by atoms with E-state index in [0.717, 1.165) is 16.9 Å². The van der Waals surface area contributed by atoms with Gasteiger partial charge in [0.15, 0.2) is 0 Å². The molecule has 0 bridgehead atoms. The number of thiazole rings is 1. The molecule has 4 rings (SSSR count). The van der Waals surface area contributed by atoms with Crippen molar-refractivity contribution in [1.82, 2.24) is 15.3 Å². The Morgan fingerprint density at radius 1 is 1.26 bits per heavy atom. The van der Waals surface area contributed by atoms with Crippen molar-refractivity contribution in [3.8, 4) is 0 Å². The van der Waals surface area contributed by atoms with Crippen LogP contribution in [0.4, 0.5) is 5.69 Å². The highest BCUT2D eigenvalue weighted by Crippen LogP contribution is 2.42. The lowest BCUT2D eigenvalue weighted by Crippen LogP contribution is -2.23. The molecule has 0 radical (unpaired) electrons. The van der Waals surface area contributed by atoms with Crippen molar-refractivity contribution in [3.63, 3.8) is 0 Å². The van der Waals surface area contributed by atoms with Crippen LogP contribution in [-0.2, 0) is 6.54 Å². The smallest absolute Gasteiger partial charge is 0.270 e. The van der Waals surface area contributed by atoms with Gasteiger partial charge in [0.25, 0.3) is 5.91 Å². The molecule has 27 heavy (non-hydrogen) atoms. The summed E-state index contributed by atoms with van der Waals surface area (Å²) in [6.07, 6.45) is 4.18. The number of nitrogens with one attached hydrogen (secondary N) is 2. The topological polar surface area (TPSA) is 66.9 Å². The Labute approximate surface area is 162 Å². The predicted octanol–water partition coefficient (Wildman–Crippen LogP) is 4.52. The number of benzene rings is 1. The van der Waals surface area contributed by atoms with Gasteiger partial charge in [-0.05, 0) is 37.5 Å². The van der Waals surface area contributed by atoms with Gasteiger partial charge in [-0.2, -0.15) is 0 Å². The molecule has 0 aliphatic heterocycles. The molecule has 6 heteroatoms. The first-order valence-corrected chi connectivity index (χ1v) is 10.1. The van der Waals surface area contributed by atoms with Gasteiger partial charge in [0, 0.05) is 29.7 Å². The van der Waals surface area contributed by atoms with Crippen molar-refractivity contribution < 1.29 is 4.79 Å². The van der Waals surface area contributed by atoms with Crippen LogP contribution in [0.2, 0.25) is 0 Å². The average molecular weight is 379 g/mol. The molecule has 2 heterocycles. The summed E-state index contributed by atoms with van der Waals surface area (Å²) in [4.78, 5) is 21.4. The number of carbonyl (C=O) groups excluding carboxylic acids is 1. The normalized spacial score (nSPS) is 14.6. The highest BCUT2D eigenvalue weighted by Gasteiger charge is 2.27. The molecule has 2 aromatic heterocycles. The van der Waals surface area contributed by atoms with Crippen LogP contribution in [0.5, 0.6) is 0 Å². The molecule has 1 amide bonds. The van der Waals surface area contributed by atoms with E-state index in [4.69, 9.17) is 4.98 Å². The van der Waals surface area contributed by atoms with Crippen LogP contribution >= 0.6 is 11.3 Å². The van der Waals surface area contributed by atoms with Crippen LogP contribution in [0.25, 0.3) is 0 Å². The van der Waals surface area contributed by atoms with Crippen molar-refractivity contribution in [2.24, 2.45) is 0 Å². The second kappa shape index (κ2) is 7.88. The maximum Gasteiger partial charge on any atom is 0.270 e. The van der Waals surface area contributed by atoms with Crippen LogP contribution in [0.3, 0.4) is 0 Å². The number of aromatic nitrogens is 2. The molecular weight excluding hydrogens is 356 g/mol. The summed E-state index contributed by atoms with van der Waals surface area (Å²) in [5, 5.41) is 9.70. The van der Waals surface area contributed by atoms with Crippen LogP contribution in [0.15, 0.2) is 54.0 Å². The molecule has 1 fully saturated rings. The molecule has 1 aliphatic carbocycles. The maximum atomic E-state index is 12.4. The Morgan fingerprint density at radius 3 is 2.85 bits per heavy atom. The molecule has 1 saturated carbocycles. The fraction of sp³-hybridized carbons (Fsp3) is 0.286. The molecule has 1 atom stereocenters. The number of pyridine rings is 1. The van der Waals surface area contributed by atoms with Gasteiger partial charge in [-0.25, -0.2) is 4.98 Å². The first kappa shape index (κ1) is 17.7. The van der Waals surface area contributed by atoms with E-state index < -0.39 is 0 Å². The molecule has 0 spiro atoms. The standard InChI is InChI=1S/C21H22N4OS/c1-14(19-13-27-21(25-19)16-7-8-16)24-17-9-10-22-18(11-17)20(26)23-12-15-5-3-2-4-6-15/h2-6,9-11,13-14,16H,7-8,12H2,1H3,(H,22,24)(H,23,26). The molecule has 3 aromatic rings. The molecule has 1 aliphatic rings. The Balaban J connectivity index is 1.38. The zero-order chi connectivity index (χ0) is 18.6. The summed E-state index contributed by atoms with van der Waals surface area (Å²) in [6, 6.07) is 13.6. The van der Waals surface area contributed by atoms with Crippen molar-refractivity contribution in [2.75, 3.05) is 5.32 Å². The molecule has 1 aromatic carbocycles. The van der Waals surface area contributed by atoms with E-state index in [1.54, 1.807) is 23.6 Å². The highest BCUT2D eigenvalue weighted by molar-refractivity contribution is 7.09. The van der Waals surface area contributed by atoms with Gasteiger partial charge in [-0.15, -0.1) is 11.3 Å². The van der Waals surface area contributed by atoms with Crippen molar-refractivity contribution in [1.29, 1.82) is 0 Å². The Morgan fingerprint density at radius 2 is 2.07 bits per heavy atom. The second-order valence-corrected chi connectivity index (χ2v) is 7.74. The molecule has 5 nitrogen and oxygen atoms in total. The van der Waals surface area contributed by atoms with E-state index in [-0.39, 0.29) is 11.9 Å². The van der Waals surface area contributed by atoms with Gasteiger partial charge in [0.1, 0.15) is 5.69 Å². The van der Waals surface area contributed by atoms with Gasteiger partial charge in [-0.3, -0.25) is 9.78 Å². The predicted molar refractivity (Wildman–Crippen MR) is 108 cm³/mol. The van der Waals surface area contributed by atoms with Crippen LogP contribution in [0.1, 0.15) is 58.5 Å². The van der Waals surface area contributed by atoms with Crippen molar-refractivity contribution in [3.05, 3.63) is 76.0 Å². The zero-order valence-corrected chi connectivity index (χ0v) is 16.0. The Bertz CT molecular complexity index is 921.